The first-order valence-corrected chi connectivity index (χ1v) is 32.4. The molecule has 9 atom stereocenters. The second kappa shape index (κ2) is 25.3. The third-order valence-corrected chi connectivity index (χ3v) is 19.8. The first kappa shape index (κ1) is 64.0. The predicted molar refractivity (Wildman–Crippen MR) is 332 cm³/mol. The number of aliphatic hydroxyl groups excluding tert-OH is 1. The maximum Gasteiger partial charge on any atom is 0.358 e. The number of rotatable bonds is 6. The molecule has 91 heavy (non-hydrogen) atoms. The number of primary amides is 1. The van der Waals surface area contributed by atoms with Gasteiger partial charge in [0.05, 0.1) is 41.1 Å². The van der Waals surface area contributed by atoms with Gasteiger partial charge in [-0.3, -0.25) is 24.0 Å². The van der Waals surface area contributed by atoms with E-state index < -0.39 is 121 Å². The Bertz CT molecular complexity index is 4260. The number of nitrogens with two attached hydrogens (primary N) is 1. The number of pyridine rings is 1. The highest BCUT2D eigenvalue weighted by molar-refractivity contribution is 7.14. The zero-order valence-electron chi connectivity index (χ0n) is 49.6. The van der Waals surface area contributed by atoms with E-state index in [1.807, 2.05) is 4.90 Å². The molecular weight excluding hydrogens is 1280 g/mol. The van der Waals surface area contributed by atoms with Crippen molar-refractivity contribution in [1.29, 1.82) is 0 Å². The van der Waals surface area contributed by atoms with Gasteiger partial charge in [-0.05, 0) is 78.9 Å². The molecule has 1 fully saturated rings. The van der Waals surface area contributed by atoms with Crippen molar-refractivity contribution in [3.8, 4) is 38.4 Å². The largest absolute Gasteiger partial charge is 0.506 e. The summed E-state index contributed by atoms with van der Waals surface area (Å²) in [6.07, 6.45) is -2.88. The Balaban J connectivity index is 1.07. The predicted octanol–water partition coefficient (Wildman–Crippen LogP) is 5.48. The van der Waals surface area contributed by atoms with Crippen molar-refractivity contribution in [2.45, 2.75) is 115 Å². The minimum Gasteiger partial charge on any atom is -0.506 e. The molecule has 7 aromatic heterocycles. The molecule has 1 aromatic carbocycles. The monoisotopic (exact) mass is 1340 g/mol. The summed E-state index contributed by atoms with van der Waals surface area (Å²) in [5.74, 6) is -8.35. The first-order chi connectivity index (χ1) is 43.2. The van der Waals surface area contributed by atoms with E-state index in [9.17, 15) is 54.1 Å². The number of nitrogens with one attached hydrogen (secondary N) is 4. The summed E-state index contributed by atoms with van der Waals surface area (Å²) in [6, 6.07) is 1.35. The number of hydrogen-bond donors (Lipinski definition) is 9. The lowest BCUT2D eigenvalue weighted by molar-refractivity contribution is -0.327. The lowest BCUT2D eigenvalue weighted by Gasteiger charge is -2.52. The number of fused-ring (bicyclic) bond motifs is 13. The summed E-state index contributed by atoms with van der Waals surface area (Å²) in [5, 5.41) is 65.3. The Kier molecular flexibility index (Phi) is 17.8. The number of nitrogens with zero attached hydrogens (tertiary/aromatic N) is 8. The van der Waals surface area contributed by atoms with Crippen LogP contribution < -0.4 is 27.0 Å². The van der Waals surface area contributed by atoms with E-state index in [1.54, 1.807) is 72.3 Å². The number of likely N-dealkylation sites (N-methyl/N-ethyl adjacent to an activating group) is 1. The number of benzene rings is 1. The average Bonchev–Trinajstić information content (AvgIpc) is 1.77. The number of esters is 2. The second-order valence-electron chi connectivity index (χ2n) is 22.4. The minimum atomic E-state index is -1.69. The third-order valence-electron chi connectivity index (χ3n) is 15.3. The number of aliphatic hydroxyl groups is 2. The number of aromatic hydroxyl groups is 1. The van der Waals surface area contributed by atoms with E-state index in [0.29, 0.717) is 15.7 Å². The number of amides is 5. The molecule has 0 spiro atoms. The van der Waals surface area contributed by atoms with Gasteiger partial charge in [-0.1, -0.05) is 18.2 Å². The number of carbonyl (C=O) groups excluding carboxylic acids is 7. The zero-order valence-corrected chi connectivity index (χ0v) is 53.7. The molecule has 5 amide bonds. The van der Waals surface area contributed by atoms with Crippen molar-refractivity contribution in [3.63, 3.8) is 0 Å². The van der Waals surface area contributed by atoms with Crippen LogP contribution in [-0.2, 0) is 35.1 Å². The number of ether oxygens (including phenoxy) is 4. The van der Waals surface area contributed by atoms with Crippen LogP contribution in [0.5, 0.6) is 5.75 Å². The fourth-order valence-corrected chi connectivity index (χ4v) is 15.7. The molecule has 10 heterocycles. The van der Waals surface area contributed by atoms with Gasteiger partial charge < -0.3 is 71.4 Å². The summed E-state index contributed by atoms with van der Waals surface area (Å²) in [7, 11) is 3.59. The van der Waals surface area contributed by atoms with Gasteiger partial charge in [0.1, 0.15) is 95.9 Å². The van der Waals surface area contributed by atoms with E-state index in [-0.39, 0.29) is 99.4 Å². The average molecular weight is 1340 g/mol. The van der Waals surface area contributed by atoms with Gasteiger partial charge in [-0.15, -0.1) is 56.7 Å². The van der Waals surface area contributed by atoms with Crippen LogP contribution in [-0.4, -0.2) is 164 Å². The SMILES string of the molecule is C/C=C1\NC(=O)[C@H]([C@@H](C)O)NC(=O)c2csc(n2)-c2cc(O)c(-c3nc(C(N)=O)cs3)nc2-c2csc(n2)[C@@H]2COC(=O)c3c(C)c4c(cccc4n3O)COC(=O)[C@@H](O[C@@]3(C)C[C@](C)(O)[C@H](N(C)C)[C@H](C)O3)C[C@H](NC(=O)c3csc1n3)c1nc(cs1)C(=O)N2. The molecule has 11 rings (SSSR count). The summed E-state index contributed by atoms with van der Waals surface area (Å²) >= 11 is 4.81. The topological polar surface area (TPSA) is 397 Å². The second-order valence-corrected chi connectivity index (χ2v) is 26.7. The maximum atomic E-state index is 15.0. The van der Waals surface area contributed by atoms with Crippen molar-refractivity contribution in [3.05, 3.63) is 112 Å². The molecule has 3 aliphatic heterocycles. The van der Waals surface area contributed by atoms with Gasteiger partial charge in [0.15, 0.2) is 17.6 Å². The van der Waals surface area contributed by atoms with Crippen molar-refractivity contribution < 1.29 is 73.0 Å². The quantitative estimate of drug-likeness (QED) is 0.0735. The fraction of sp³-hybridized carbons (Fsp3) is 0.362. The van der Waals surface area contributed by atoms with Crippen LogP contribution in [0.3, 0.4) is 0 Å². The van der Waals surface area contributed by atoms with Crippen LogP contribution in [0.15, 0.2) is 57.2 Å². The number of carbonyl (C=O) groups is 7. The van der Waals surface area contributed by atoms with Gasteiger partial charge >= 0.3 is 11.9 Å². The van der Waals surface area contributed by atoms with E-state index in [2.05, 4.69) is 36.2 Å². The Labute approximate surface area is 537 Å². The van der Waals surface area contributed by atoms with Crippen LogP contribution in [0.25, 0.3) is 49.3 Å². The highest BCUT2D eigenvalue weighted by atomic mass is 32.1. The molecule has 0 unspecified atom stereocenters. The van der Waals surface area contributed by atoms with Crippen molar-refractivity contribution in [2.75, 3.05) is 20.7 Å². The summed E-state index contributed by atoms with van der Waals surface area (Å²) in [5.41, 5.74) is 4.09. The Hall–Kier alpha value is -8.51. The van der Waals surface area contributed by atoms with Crippen LogP contribution >= 0.6 is 56.7 Å². The molecule has 3 aliphatic rings. The standard InChI is InChI=1S/C58H59N13O15S5/c1-9-28-51-66-33(20-89-51)46(75)61-29-14-38(86-58(6)22-57(5,81)44(70(7)8)25(4)85-58)55(79)83-15-26-11-10-12-36-39(26)23(2)43(71(36)82)56(80)84-16-30(62-47(76)34-21-90-52(29)67-34)53-63-31(17-88-53)41-27(13-37(73)42(68-41)54-64-32(18-91-54)45(59)74)50-65-35(19-87-50)48(77)69-40(24(3)72)49(78)60-28/h9-13,17-21,24-25,29-30,38,40,44,72-73,81-82H,14-16,22H2,1-8H3,(H2,59,74)(H,60,78)(H,61,75)(H,62,76)(H,69,77)/b28-9-/t24-,25+,29+,30+,38+,40+,44-,57+,58+/m1/s1. The first-order valence-electron chi connectivity index (χ1n) is 28.0. The highest BCUT2D eigenvalue weighted by Crippen LogP contribution is 2.43. The van der Waals surface area contributed by atoms with E-state index in [0.717, 1.165) is 56.7 Å². The van der Waals surface area contributed by atoms with Crippen LogP contribution in [0, 0.1) is 6.92 Å². The smallest absolute Gasteiger partial charge is 0.358 e. The Morgan fingerprint density at radius 1 is 0.835 bits per heavy atom. The lowest BCUT2D eigenvalue weighted by Crippen LogP contribution is -2.64. The zero-order chi connectivity index (χ0) is 65.1. The molecular formula is C58H59N13O15S5. The molecule has 0 aliphatic carbocycles. The fourth-order valence-electron chi connectivity index (χ4n) is 11.5. The normalized spacial score (nSPS) is 24.5. The van der Waals surface area contributed by atoms with Crippen molar-refractivity contribution in [2.24, 2.45) is 5.73 Å². The number of hydrogen-bond acceptors (Lipinski definition) is 27. The lowest BCUT2D eigenvalue weighted by atomic mass is 9.82. The third kappa shape index (κ3) is 12.8. The van der Waals surface area contributed by atoms with Crippen LogP contribution in [0.1, 0.15) is 138 Å². The minimum absolute atomic E-state index is 0.0404. The molecule has 33 heteroatoms. The van der Waals surface area contributed by atoms with Crippen LogP contribution in [0.2, 0.25) is 0 Å². The van der Waals surface area contributed by atoms with E-state index >= 15 is 0 Å². The molecule has 10 N–H and O–H groups in total. The Morgan fingerprint density at radius 2 is 1.46 bits per heavy atom. The van der Waals surface area contributed by atoms with Gasteiger partial charge in [-0.25, -0.2) is 39.5 Å². The number of cyclic esters (lactones) is 2. The molecule has 8 aromatic rings. The maximum absolute atomic E-state index is 15.0. The number of aromatic nitrogens is 7. The molecule has 12 bridgehead atoms. The van der Waals surface area contributed by atoms with Crippen molar-refractivity contribution >= 4 is 115 Å². The molecule has 0 saturated carbocycles. The van der Waals surface area contributed by atoms with Crippen molar-refractivity contribution in [1.82, 2.24) is 60.8 Å². The Morgan fingerprint density at radius 3 is 2.13 bits per heavy atom. The number of thiazole rings is 5. The molecule has 476 valence electrons. The molecule has 0 radical (unpaired) electrons. The van der Waals surface area contributed by atoms with Gasteiger partial charge in [0.25, 0.3) is 23.6 Å². The molecule has 1 saturated heterocycles. The number of aryl methyl sites for hydroxylation is 1. The van der Waals surface area contributed by atoms with Gasteiger partial charge in [-0.2, -0.15) is 4.73 Å². The number of allylic oxidation sites excluding steroid dienone is 1. The molecule has 28 nitrogen and oxygen atoms in total. The summed E-state index contributed by atoms with van der Waals surface area (Å²) < 4.78 is 25.9. The summed E-state index contributed by atoms with van der Waals surface area (Å²) in [6.45, 7) is 8.35. The van der Waals surface area contributed by atoms with Gasteiger partial charge in [0, 0.05) is 50.7 Å². The summed E-state index contributed by atoms with van der Waals surface area (Å²) in [4.78, 5) is 129. The van der Waals surface area contributed by atoms with E-state index in [4.69, 9.17) is 39.6 Å². The van der Waals surface area contributed by atoms with Crippen LogP contribution in [0.4, 0.5) is 0 Å². The highest BCUT2D eigenvalue weighted by Gasteiger charge is 2.53. The van der Waals surface area contributed by atoms with Gasteiger partial charge in [0.2, 0.25) is 5.91 Å². The van der Waals surface area contributed by atoms with E-state index in [1.165, 1.54) is 40.6 Å².